The maximum Gasteiger partial charge on any atom is 0.262 e. The van der Waals surface area contributed by atoms with E-state index in [1.807, 2.05) is 25.1 Å². The Morgan fingerprint density at radius 2 is 2.06 bits per heavy atom. The highest BCUT2D eigenvalue weighted by atomic mass is 35.5. The number of halogens is 1. The molecule has 35 heavy (non-hydrogen) atoms. The molecule has 3 N–H and O–H groups in total. The summed E-state index contributed by atoms with van der Waals surface area (Å²) in [6.07, 6.45) is 9.48. The maximum atomic E-state index is 13.3. The van der Waals surface area contributed by atoms with E-state index in [1.54, 1.807) is 6.20 Å². The lowest BCUT2D eigenvalue weighted by Gasteiger charge is -2.62. The maximum absolute atomic E-state index is 13.3. The summed E-state index contributed by atoms with van der Waals surface area (Å²) in [5.41, 5.74) is 1.77. The number of pyridine rings is 1. The highest BCUT2D eigenvalue weighted by molar-refractivity contribution is 7.14. The minimum Gasteiger partial charge on any atom is -0.376 e. The van der Waals surface area contributed by atoms with Gasteiger partial charge in [-0.25, -0.2) is 0 Å². The van der Waals surface area contributed by atoms with E-state index in [9.17, 15) is 9.59 Å². The van der Waals surface area contributed by atoms with Crippen molar-refractivity contribution < 1.29 is 9.59 Å². The number of aromatic nitrogens is 1. The van der Waals surface area contributed by atoms with Gasteiger partial charge in [-0.1, -0.05) is 11.6 Å². The van der Waals surface area contributed by atoms with Gasteiger partial charge in [-0.2, -0.15) is 0 Å². The molecule has 2 bridgehead atoms. The van der Waals surface area contributed by atoms with Crippen molar-refractivity contribution in [1.29, 1.82) is 0 Å². The summed E-state index contributed by atoms with van der Waals surface area (Å²) in [5, 5.41) is 10.4. The lowest BCUT2D eigenvalue weighted by molar-refractivity contribution is -0.135. The minimum atomic E-state index is -0.456. The van der Waals surface area contributed by atoms with E-state index in [-0.39, 0.29) is 23.4 Å². The van der Waals surface area contributed by atoms with Gasteiger partial charge in [-0.3, -0.25) is 14.6 Å². The molecule has 0 spiro atoms. The predicted octanol–water partition coefficient (Wildman–Crippen LogP) is 5.48. The molecule has 2 unspecified atom stereocenters. The van der Waals surface area contributed by atoms with Gasteiger partial charge in [0.2, 0.25) is 5.91 Å². The molecule has 186 valence electrons. The predicted molar refractivity (Wildman–Crippen MR) is 139 cm³/mol. The van der Waals surface area contributed by atoms with Gasteiger partial charge in [0.05, 0.1) is 27.3 Å². The quantitative estimate of drug-likeness (QED) is 0.415. The van der Waals surface area contributed by atoms with Gasteiger partial charge >= 0.3 is 0 Å². The van der Waals surface area contributed by atoms with Gasteiger partial charge in [-0.15, -0.1) is 11.3 Å². The second-order valence-electron chi connectivity index (χ2n) is 11.4. The number of rotatable bonds is 9. The molecule has 0 saturated heterocycles. The SMILES string of the molecule is Cc1ncc(Cl)cc1N[C@@H](C)c1ccc(C(=O)N[C@@H](C[C@@H]2CCC3CC32)C(=O)NC23CC(C2)C3)s1. The lowest BCUT2D eigenvalue weighted by Crippen LogP contribution is -2.70. The molecule has 6 nitrogen and oxygen atoms in total. The van der Waals surface area contributed by atoms with Crippen molar-refractivity contribution in [1.82, 2.24) is 15.6 Å². The number of hydrogen-bond acceptors (Lipinski definition) is 5. The number of hydrogen-bond donors (Lipinski definition) is 3. The van der Waals surface area contributed by atoms with E-state index in [4.69, 9.17) is 11.6 Å². The van der Waals surface area contributed by atoms with E-state index in [2.05, 4.69) is 27.9 Å². The van der Waals surface area contributed by atoms with Gasteiger partial charge in [0.25, 0.3) is 5.91 Å². The molecule has 5 aliphatic carbocycles. The summed E-state index contributed by atoms with van der Waals surface area (Å²) in [6.45, 7) is 3.99. The van der Waals surface area contributed by atoms with E-state index >= 15 is 0 Å². The van der Waals surface area contributed by atoms with Crippen molar-refractivity contribution >= 4 is 40.4 Å². The van der Waals surface area contributed by atoms with Crippen LogP contribution in [0.5, 0.6) is 0 Å². The van der Waals surface area contributed by atoms with Crippen molar-refractivity contribution in [3.8, 4) is 0 Å². The molecule has 0 aromatic carbocycles. The lowest BCUT2D eigenvalue weighted by atomic mass is 9.50. The Morgan fingerprint density at radius 1 is 1.26 bits per heavy atom. The Hall–Kier alpha value is -2.12. The van der Waals surface area contributed by atoms with Crippen LogP contribution in [0, 0.1) is 30.6 Å². The molecular weight excluding hydrogens is 480 g/mol. The average molecular weight is 513 g/mol. The Morgan fingerprint density at radius 3 is 2.71 bits per heavy atom. The molecule has 8 heteroatoms. The molecule has 5 fully saturated rings. The molecule has 5 saturated carbocycles. The van der Waals surface area contributed by atoms with Gasteiger partial charge in [-0.05, 0) is 101 Å². The molecule has 2 heterocycles. The normalized spacial score (nSPS) is 31.4. The monoisotopic (exact) mass is 512 g/mol. The fourth-order valence-corrected chi connectivity index (χ4v) is 7.60. The summed E-state index contributed by atoms with van der Waals surface area (Å²) >= 11 is 7.57. The Kier molecular flexibility index (Phi) is 5.83. The molecule has 5 aliphatic rings. The molecule has 0 aliphatic heterocycles. The number of nitrogens with zero attached hydrogens (tertiary/aromatic N) is 1. The summed E-state index contributed by atoms with van der Waals surface area (Å²) in [5.74, 6) is 2.85. The summed E-state index contributed by atoms with van der Waals surface area (Å²) < 4.78 is 0. The van der Waals surface area contributed by atoms with Crippen LogP contribution in [0.3, 0.4) is 0 Å². The number of anilines is 1. The number of carbonyl (C=O) groups excluding carboxylic acids is 2. The molecule has 2 amide bonds. The second kappa shape index (κ2) is 8.77. The number of nitrogens with one attached hydrogen (secondary N) is 3. The fourth-order valence-electron chi connectivity index (χ4n) is 6.52. The Balaban J connectivity index is 1.12. The first-order valence-electron chi connectivity index (χ1n) is 12.9. The molecule has 7 rings (SSSR count). The Bertz CT molecular complexity index is 1150. The zero-order chi connectivity index (χ0) is 24.3. The number of aryl methyl sites for hydroxylation is 1. The van der Waals surface area contributed by atoms with Crippen LogP contribution in [0.2, 0.25) is 5.02 Å². The number of thiophene rings is 1. The molecule has 0 radical (unpaired) electrons. The smallest absolute Gasteiger partial charge is 0.262 e. The topological polar surface area (TPSA) is 83.1 Å². The van der Waals surface area contributed by atoms with Crippen molar-refractivity contribution in [2.75, 3.05) is 5.32 Å². The number of amides is 2. The van der Waals surface area contributed by atoms with Crippen LogP contribution in [0.1, 0.15) is 78.2 Å². The van der Waals surface area contributed by atoms with Crippen molar-refractivity contribution in [2.45, 2.75) is 76.4 Å². The van der Waals surface area contributed by atoms with E-state index in [1.165, 1.54) is 30.6 Å². The third kappa shape index (κ3) is 4.57. The first-order valence-corrected chi connectivity index (χ1v) is 14.1. The summed E-state index contributed by atoms with van der Waals surface area (Å²) in [6, 6.07) is 5.24. The van der Waals surface area contributed by atoms with Gasteiger partial charge in [0.1, 0.15) is 6.04 Å². The third-order valence-corrected chi connectivity index (χ3v) is 10.3. The third-order valence-electron chi connectivity index (χ3n) is 8.78. The van der Waals surface area contributed by atoms with Gasteiger partial charge < -0.3 is 16.0 Å². The second-order valence-corrected chi connectivity index (χ2v) is 12.9. The minimum absolute atomic E-state index is 0.00539. The highest BCUT2D eigenvalue weighted by Gasteiger charge is 2.58. The zero-order valence-corrected chi connectivity index (χ0v) is 21.8. The van der Waals surface area contributed by atoms with Crippen LogP contribution >= 0.6 is 22.9 Å². The van der Waals surface area contributed by atoms with Crippen LogP contribution < -0.4 is 16.0 Å². The summed E-state index contributed by atoms with van der Waals surface area (Å²) in [7, 11) is 0. The largest absolute Gasteiger partial charge is 0.376 e. The van der Waals surface area contributed by atoms with Crippen LogP contribution in [-0.2, 0) is 4.79 Å². The van der Waals surface area contributed by atoms with Crippen LogP contribution in [0.25, 0.3) is 0 Å². The van der Waals surface area contributed by atoms with Crippen molar-refractivity contribution in [2.24, 2.45) is 23.7 Å². The van der Waals surface area contributed by atoms with Crippen molar-refractivity contribution in [3.05, 3.63) is 44.9 Å². The first-order chi connectivity index (χ1) is 16.8. The van der Waals surface area contributed by atoms with Crippen molar-refractivity contribution in [3.63, 3.8) is 0 Å². The highest BCUT2D eigenvalue weighted by Crippen LogP contribution is 2.58. The van der Waals surface area contributed by atoms with E-state index < -0.39 is 6.04 Å². The zero-order valence-electron chi connectivity index (χ0n) is 20.3. The summed E-state index contributed by atoms with van der Waals surface area (Å²) in [4.78, 5) is 32.5. The van der Waals surface area contributed by atoms with Crippen LogP contribution in [0.4, 0.5) is 5.69 Å². The standard InChI is InChI=1S/C27H33ClN4O2S/c1-14-21(9-19(28)13-29-14)30-15(2)23-5-6-24(35-23)26(34)31-22(8-18-4-3-17-7-20(17)18)25(33)32-27-10-16(11-27)12-27/h5-6,9,13,15-18,20,22,30H,3-4,7-8,10-12H2,1-2H3,(H,31,34)(H,32,33)/t15-,16?,17?,18-,20?,22-,27?/m0/s1. The fraction of sp³-hybridized carbons (Fsp3) is 0.593. The van der Waals surface area contributed by atoms with Crippen LogP contribution in [0.15, 0.2) is 24.4 Å². The number of fused-ring (bicyclic) bond motifs is 1. The Labute approximate surface area is 215 Å². The van der Waals surface area contributed by atoms with Crippen LogP contribution in [-0.4, -0.2) is 28.4 Å². The first kappa shape index (κ1) is 23.3. The average Bonchev–Trinajstić information content (AvgIpc) is 3.19. The van der Waals surface area contributed by atoms with E-state index in [0.717, 1.165) is 59.7 Å². The molecule has 2 aromatic rings. The molecule has 2 aromatic heterocycles. The molecule has 5 atom stereocenters. The molecular formula is C27H33ClN4O2S. The van der Waals surface area contributed by atoms with Gasteiger partial charge in [0.15, 0.2) is 0 Å². The number of carbonyl (C=O) groups is 2. The van der Waals surface area contributed by atoms with E-state index in [0.29, 0.717) is 15.8 Å². The van der Waals surface area contributed by atoms with Gasteiger partial charge in [0, 0.05) is 16.6 Å².